The summed E-state index contributed by atoms with van der Waals surface area (Å²) >= 11 is 3.37. The van der Waals surface area contributed by atoms with Gasteiger partial charge in [-0.15, -0.1) is 0 Å². The zero-order chi connectivity index (χ0) is 12.1. The van der Waals surface area contributed by atoms with Crippen molar-refractivity contribution in [3.8, 4) is 11.6 Å². The van der Waals surface area contributed by atoms with E-state index in [0.29, 0.717) is 11.8 Å². The number of ether oxygens (including phenoxy) is 1. The molecule has 0 amide bonds. The first-order valence-electron chi connectivity index (χ1n) is 5.28. The summed E-state index contributed by atoms with van der Waals surface area (Å²) < 4.78 is 6.62. The highest BCUT2D eigenvalue weighted by molar-refractivity contribution is 9.10. The molecule has 0 spiro atoms. The van der Waals surface area contributed by atoms with E-state index in [-0.39, 0.29) is 0 Å². The van der Waals surface area contributed by atoms with Crippen molar-refractivity contribution in [1.82, 2.24) is 9.97 Å². The minimum absolute atomic E-state index is 0.526. The van der Waals surface area contributed by atoms with E-state index in [1.807, 2.05) is 31.2 Å². The van der Waals surface area contributed by atoms with E-state index in [4.69, 9.17) is 4.74 Å². The molecule has 2 aromatic rings. The summed E-state index contributed by atoms with van der Waals surface area (Å²) in [6, 6.07) is 9.31. The van der Waals surface area contributed by atoms with Crippen LogP contribution in [0, 0.1) is 0 Å². The number of rotatable bonds is 4. The second-order valence-electron chi connectivity index (χ2n) is 3.30. The van der Waals surface area contributed by atoms with Gasteiger partial charge in [0.2, 0.25) is 11.8 Å². The van der Waals surface area contributed by atoms with Gasteiger partial charge in [-0.05, 0) is 31.2 Å². The molecule has 0 atom stereocenters. The minimum Gasteiger partial charge on any atom is -0.439 e. The minimum atomic E-state index is 0.526. The van der Waals surface area contributed by atoms with Crippen LogP contribution < -0.4 is 10.1 Å². The Bertz CT molecular complexity index is 487. The van der Waals surface area contributed by atoms with Crippen LogP contribution in [-0.4, -0.2) is 16.5 Å². The monoisotopic (exact) mass is 293 g/mol. The van der Waals surface area contributed by atoms with Gasteiger partial charge in [0.15, 0.2) is 0 Å². The lowest BCUT2D eigenvalue weighted by Crippen LogP contribution is -2.02. The lowest BCUT2D eigenvalue weighted by molar-refractivity contribution is 0.462. The zero-order valence-corrected chi connectivity index (χ0v) is 10.9. The zero-order valence-electron chi connectivity index (χ0n) is 9.35. The Balaban J connectivity index is 2.12. The van der Waals surface area contributed by atoms with E-state index < -0.39 is 0 Å². The summed E-state index contributed by atoms with van der Waals surface area (Å²) in [4.78, 5) is 8.30. The Morgan fingerprint density at radius 3 is 2.71 bits per heavy atom. The van der Waals surface area contributed by atoms with Crippen LogP contribution in [-0.2, 0) is 0 Å². The SMILES string of the molecule is CCNc1nccc(Oc2ccc(Br)cc2)n1. The molecule has 88 valence electrons. The molecule has 0 fully saturated rings. The van der Waals surface area contributed by atoms with Gasteiger partial charge in [-0.25, -0.2) is 4.98 Å². The first-order valence-corrected chi connectivity index (χ1v) is 6.07. The summed E-state index contributed by atoms with van der Waals surface area (Å²) in [5.74, 6) is 1.84. The lowest BCUT2D eigenvalue weighted by Gasteiger charge is -2.06. The van der Waals surface area contributed by atoms with Crippen molar-refractivity contribution in [2.24, 2.45) is 0 Å². The molecule has 4 nitrogen and oxygen atoms in total. The number of anilines is 1. The van der Waals surface area contributed by atoms with Crippen molar-refractivity contribution < 1.29 is 4.74 Å². The summed E-state index contributed by atoms with van der Waals surface area (Å²) in [5, 5.41) is 3.03. The maximum atomic E-state index is 5.61. The van der Waals surface area contributed by atoms with Crippen molar-refractivity contribution >= 4 is 21.9 Å². The largest absolute Gasteiger partial charge is 0.439 e. The summed E-state index contributed by atoms with van der Waals surface area (Å²) in [5.41, 5.74) is 0. The number of hydrogen-bond donors (Lipinski definition) is 1. The van der Waals surface area contributed by atoms with E-state index in [1.165, 1.54) is 0 Å². The normalized spacial score (nSPS) is 10.0. The Kier molecular flexibility index (Phi) is 3.93. The number of hydrogen-bond acceptors (Lipinski definition) is 4. The fourth-order valence-electron chi connectivity index (χ4n) is 1.27. The van der Waals surface area contributed by atoms with Crippen molar-refractivity contribution in [2.75, 3.05) is 11.9 Å². The molecule has 1 aromatic heterocycles. The van der Waals surface area contributed by atoms with Crippen LogP contribution in [0.3, 0.4) is 0 Å². The third kappa shape index (κ3) is 3.42. The molecule has 0 aliphatic heterocycles. The van der Waals surface area contributed by atoms with Gasteiger partial charge in [0.05, 0.1) is 0 Å². The molecule has 5 heteroatoms. The second-order valence-corrected chi connectivity index (χ2v) is 4.22. The maximum Gasteiger partial charge on any atom is 0.225 e. The average Bonchev–Trinajstić information content (AvgIpc) is 2.33. The number of halogens is 1. The molecular formula is C12H12BrN3O. The fraction of sp³-hybridized carbons (Fsp3) is 0.167. The molecule has 2 rings (SSSR count). The first kappa shape index (κ1) is 11.9. The van der Waals surface area contributed by atoms with Gasteiger partial charge < -0.3 is 10.1 Å². The standard InChI is InChI=1S/C12H12BrN3O/c1-2-14-12-15-8-7-11(16-12)17-10-5-3-9(13)4-6-10/h3-8H,2H2,1H3,(H,14,15,16). The maximum absolute atomic E-state index is 5.61. The topological polar surface area (TPSA) is 47.0 Å². The molecule has 1 aromatic carbocycles. The van der Waals surface area contributed by atoms with Gasteiger partial charge in [-0.3, -0.25) is 0 Å². The van der Waals surface area contributed by atoms with Gasteiger partial charge in [0.1, 0.15) is 5.75 Å². The first-order chi connectivity index (χ1) is 8.28. The molecule has 0 aliphatic rings. The van der Waals surface area contributed by atoms with Crippen LogP contribution >= 0.6 is 15.9 Å². The molecule has 0 saturated heterocycles. The van der Waals surface area contributed by atoms with E-state index in [0.717, 1.165) is 16.8 Å². The quantitative estimate of drug-likeness (QED) is 0.938. The Hall–Kier alpha value is -1.62. The van der Waals surface area contributed by atoms with Crippen LogP contribution in [0.15, 0.2) is 41.0 Å². The van der Waals surface area contributed by atoms with Crippen molar-refractivity contribution in [3.63, 3.8) is 0 Å². The summed E-state index contributed by atoms with van der Waals surface area (Å²) in [7, 11) is 0. The van der Waals surface area contributed by atoms with Gasteiger partial charge in [-0.1, -0.05) is 15.9 Å². The van der Waals surface area contributed by atoms with Crippen LogP contribution in [0.25, 0.3) is 0 Å². The highest BCUT2D eigenvalue weighted by Crippen LogP contribution is 2.21. The van der Waals surface area contributed by atoms with Crippen molar-refractivity contribution in [2.45, 2.75) is 6.92 Å². The molecule has 17 heavy (non-hydrogen) atoms. The highest BCUT2D eigenvalue weighted by atomic mass is 79.9. The molecule has 0 saturated carbocycles. The second kappa shape index (κ2) is 5.63. The molecule has 1 heterocycles. The number of aromatic nitrogens is 2. The average molecular weight is 294 g/mol. The predicted molar refractivity (Wildman–Crippen MR) is 70.4 cm³/mol. The molecule has 0 aliphatic carbocycles. The van der Waals surface area contributed by atoms with E-state index in [9.17, 15) is 0 Å². The molecular weight excluding hydrogens is 282 g/mol. The van der Waals surface area contributed by atoms with Gasteiger partial charge >= 0.3 is 0 Å². The number of nitrogens with one attached hydrogen (secondary N) is 1. The van der Waals surface area contributed by atoms with Gasteiger partial charge in [-0.2, -0.15) is 4.98 Å². The van der Waals surface area contributed by atoms with Gasteiger partial charge in [0, 0.05) is 23.3 Å². The third-order valence-corrected chi connectivity index (χ3v) is 2.53. The van der Waals surface area contributed by atoms with E-state index in [1.54, 1.807) is 12.3 Å². The fourth-order valence-corrected chi connectivity index (χ4v) is 1.53. The Morgan fingerprint density at radius 2 is 2.00 bits per heavy atom. The van der Waals surface area contributed by atoms with Crippen LogP contribution in [0.5, 0.6) is 11.6 Å². The molecule has 1 N–H and O–H groups in total. The number of nitrogens with zero attached hydrogens (tertiary/aromatic N) is 2. The van der Waals surface area contributed by atoms with Crippen LogP contribution in [0.1, 0.15) is 6.92 Å². The van der Waals surface area contributed by atoms with E-state index >= 15 is 0 Å². The van der Waals surface area contributed by atoms with E-state index in [2.05, 4.69) is 31.2 Å². The van der Waals surface area contributed by atoms with Gasteiger partial charge in [0.25, 0.3) is 0 Å². The number of benzene rings is 1. The summed E-state index contributed by atoms with van der Waals surface area (Å²) in [6.07, 6.45) is 1.67. The molecule has 0 unspecified atom stereocenters. The Labute approximate surface area is 108 Å². The summed E-state index contributed by atoms with van der Waals surface area (Å²) in [6.45, 7) is 2.77. The highest BCUT2D eigenvalue weighted by Gasteiger charge is 2.00. The van der Waals surface area contributed by atoms with Crippen LogP contribution in [0.4, 0.5) is 5.95 Å². The smallest absolute Gasteiger partial charge is 0.225 e. The van der Waals surface area contributed by atoms with Crippen molar-refractivity contribution in [3.05, 3.63) is 41.0 Å². The Morgan fingerprint density at radius 1 is 1.24 bits per heavy atom. The molecule has 0 radical (unpaired) electrons. The lowest BCUT2D eigenvalue weighted by atomic mass is 10.3. The van der Waals surface area contributed by atoms with Crippen molar-refractivity contribution in [1.29, 1.82) is 0 Å². The third-order valence-electron chi connectivity index (χ3n) is 2.00. The predicted octanol–water partition coefficient (Wildman–Crippen LogP) is 3.46. The molecule has 0 bridgehead atoms. The van der Waals surface area contributed by atoms with Crippen LogP contribution in [0.2, 0.25) is 0 Å².